The first-order valence-corrected chi connectivity index (χ1v) is 12.7. The molecular weight excluding hydrogens is 424 g/mol. The first-order valence-electron chi connectivity index (χ1n) is 12.7. The van der Waals surface area contributed by atoms with Gasteiger partial charge in [-0.15, -0.1) is 0 Å². The van der Waals surface area contributed by atoms with Crippen molar-refractivity contribution in [3.05, 3.63) is 71.8 Å². The summed E-state index contributed by atoms with van der Waals surface area (Å²) in [5.74, 6) is 0.108. The number of rotatable bonds is 2. The van der Waals surface area contributed by atoms with E-state index in [9.17, 15) is 9.59 Å². The lowest BCUT2D eigenvalue weighted by Crippen LogP contribution is -2.51. The smallest absolute Gasteiger partial charge is 0.272 e. The average molecular weight is 459 g/mol. The largest absolute Gasteiger partial charge is 0.336 e. The highest BCUT2D eigenvalue weighted by Crippen LogP contribution is 2.34. The van der Waals surface area contributed by atoms with Gasteiger partial charge in [-0.05, 0) is 56.9 Å². The second kappa shape index (κ2) is 9.71. The van der Waals surface area contributed by atoms with Crippen molar-refractivity contribution < 1.29 is 9.59 Å². The number of nitrogens with one attached hydrogen (secondary N) is 3. The van der Waals surface area contributed by atoms with Crippen LogP contribution in [0.15, 0.2) is 65.7 Å². The van der Waals surface area contributed by atoms with Crippen LogP contribution in [0.1, 0.15) is 81.4 Å². The molecular formula is C28H34N4O2. The Morgan fingerprint density at radius 1 is 0.706 bits per heavy atom. The van der Waals surface area contributed by atoms with E-state index in [0.717, 1.165) is 49.7 Å². The maximum atomic E-state index is 12.1. The molecule has 0 aromatic heterocycles. The highest BCUT2D eigenvalue weighted by molar-refractivity contribution is 6.46. The predicted molar refractivity (Wildman–Crippen MR) is 133 cm³/mol. The molecule has 2 amide bonds. The summed E-state index contributed by atoms with van der Waals surface area (Å²) in [6, 6.07) is 19.5. The van der Waals surface area contributed by atoms with Gasteiger partial charge in [0.05, 0.1) is 5.66 Å². The van der Waals surface area contributed by atoms with E-state index in [1.165, 1.54) is 25.7 Å². The fraction of sp³-hybridized carbons (Fsp3) is 0.464. The molecule has 2 aromatic rings. The number of nitrogens with zero attached hydrogens (tertiary/aromatic N) is 1. The molecule has 2 aromatic carbocycles. The molecule has 0 bridgehead atoms. The van der Waals surface area contributed by atoms with E-state index in [0.29, 0.717) is 5.71 Å². The molecule has 3 fully saturated rings. The summed E-state index contributed by atoms with van der Waals surface area (Å²) < 4.78 is 0. The van der Waals surface area contributed by atoms with E-state index in [1.807, 2.05) is 60.7 Å². The lowest BCUT2D eigenvalue weighted by molar-refractivity contribution is -0.121. The lowest BCUT2D eigenvalue weighted by Gasteiger charge is -2.33. The van der Waals surface area contributed by atoms with Crippen molar-refractivity contribution in [3.63, 3.8) is 0 Å². The fourth-order valence-electron chi connectivity index (χ4n) is 5.72. The summed E-state index contributed by atoms with van der Waals surface area (Å²) in [5, 5.41) is 9.75. The molecule has 1 unspecified atom stereocenters. The zero-order valence-electron chi connectivity index (χ0n) is 19.7. The molecule has 3 N–H and O–H groups in total. The summed E-state index contributed by atoms with van der Waals surface area (Å²) in [6.45, 7) is 0. The van der Waals surface area contributed by atoms with Gasteiger partial charge in [0.15, 0.2) is 0 Å². The van der Waals surface area contributed by atoms with E-state index >= 15 is 0 Å². The van der Waals surface area contributed by atoms with Crippen LogP contribution in [0.4, 0.5) is 0 Å². The molecule has 6 nitrogen and oxygen atoms in total. The van der Waals surface area contributed by atoms with Crippen LogP contribution in [0.3, 0.4) is 0 Å². The van der Waals surface area contributed by atoms with Gasteiger partial charge in [0.25, 0.3) is 5.91 Å². The van der Waals surface area contributed by atoms with Crippen LogP contribution in [0.25, 0.3) is 0 Å². The van der Waals surface area contributed by atoms with Crippen LogP contribution in [0.2, 0.25) is 0 Å². The van der Waals surface area contributed by atoms with Crippen molar-refractivity contribution in [3.8, 4) is 0 Å². The highest BCUT2D eigenvalue weighted by atomic mass is 16.2. The van der Waals surface area contributed by atoms with Gasteiger partial charge in [-0.1, -0.05) is 73.5 Å². The molecule has 2 heterocycles. The number of benzene rings is 2. The van der Waals surface area contributed by atoms with Gasteiger partial charge in [-0.2, -0.15) is 0 Å². The SMILES string of the molecule is O=C1NC2(CCCCC2)N=C1c1ccccc1.O=C1NC2(CCCCC2)NC1c1ccccc1. The maximum Gasteiger partial charge on any atom is 0.272 e. The maximum absolute atomic E-state index is 12.1. The van der Waals surface area contributed by atoms with Crippen LogP contribution in [0.5, 0.6) is 0 Å². The first-order chi connectivity index (χ1) is 16.6. The summed E-state index contributed by atoms with van der Waals surface area (Å²) in [6.07, 6.45) is 11.3. The zero-order valence-corrected chi connectivity index (χ0v) is 19.7. The molecule has 2 spiro atoms. The quantitative estimate of drug-likeness (QED) is 0.625. The van der Waals surface area contributed by atoms with Crippen LogP contribution >= 0.6 is 0 Å². The van der Waals surface area contributed by atoms with E-state index in [1.54, 1.807) is 0 Å². The van der Waals surface area contributed by atoms with Crippen LogP contribution in [0, 0.1) is 0 Å². The topological polar surface area (TPSA) is 82.6 Å². The summed E-state index contributed by atoms with van der Waals surface area (Å²) in [4.78, 5) is 28.8. The number of carbonyl (C=O) groups is 2. The van der Waals surface area contributed by atoms with Gasteiger partial charge < -0.3 is 10.6 Å². The number of hydrogen-bond acceptors (Lipinski definition) is 4. The molecule has 1 atom stereocenters. The van der Waals surface area contributed by atoms with E-state index in [-0.39, 0.29) is 29.2 Å². The van der Waals surface area contributed by atoms with Crippen molar-refractivity contribution in [1.29, 1.82) is 0 Å². The minimum Gasteiger partial charge on any atom is -0.336 e. The molecule has 6 rings (SSSR count). The first kappa shape index (κ1) is 22.8. The molecule has 178 valence electrons. The van der Waals surface area contributed by atoms with Crippen LogP contribution in [-0.2, 0) is 9.59 Å². The summed E-state index contributed by atoms with van der Waals surface area (Å²) in [5.41, 5.74) is 2.17. The van der Waals surface area contributed by atoms with Gasteiger partial charge in [-0.25, -0.2) is 0 Å². The van der Waals surface area contributed by atoms with Crippen molar-refractivity contribution in [2.75, 3.05) is 0 Å². The second-order valence-corrected chi connectivity index (χ2v) is 9.99. The second-order valence-electron chi connectivity index (χ2n) is 9.99. The van der Waals surface area contributed by atoms with Crippen molar-refractivity contribution in [2.45, 2.75) is 81.6 Å². The van der Waals surface area contributed by atoms with Gasteiger partial charge in [-0.3, -0.25) is 19.9 Å². The molecule has 2 saturated carbocycles. The minimum atomic E-state index is -0.291. The standard InChI is InChI=1S/C14H18N2O.C14H16N2O/c2*17-13-12(11-7-3-1-4-8-11)15-14(16-13)9-5-2-6-10-14/h1,3-4,7-8,12,15H,2,5-6,9-10H2,(H,16,17);1,3-4,7-8H,2,5-6,9-10H2,(H,16,17). The monoisotopic (exact) mass is 458 g/mol. The molecule has 2 aliphatic heterocycles. The third-order valence-corrected chi connectivity index (χ3v) is 7.50. The third-order valence-electron chi connectivity index (χ3n) is 7.50. The Labute approximate surface area is 201 Å². The number of carbonyl (C=O) groups excluding carboxylic acids is 2. The van der Waals surface area contributed by atoms with Crippen LogP contribution < -0.4 is 16.0 Å². The van der Waals surface area contributed by atoms with Gasteiger partial charge in [0.1, 0.15) is 17.4 Å². The normalized spacial score (nSPS) is 24.7. The summed E-state index contributed by atoms with van der Waals surface area (Å²) in [7, 11) is 0. The molecule has 1 saturated heterocycles. The Hall–Kier alpha value is -2.99. The van der Waals surface area contributed by atoms with Gasteiger partial charge in [0, 0.05) is 5.56 Å². The fourth-order valence-corrected chi connectivity index (χ4v) is 5.72. The van der Waals surface area contributed by atoms with Crippen molar-refractivity contribution in [1.82, 2.24) is 16.0 Å². The predicted octanol–water partition coefficient (Wildman–Crippen LogP) is 4.37. The Morgan fingerprint density at radius 2 is 1.29 bits per heavy atom. The van der Waals surface area contributed by atoms with Crippen molar-refractivity contribution in [2.24, 2.45) is 4.99 Å². The number of hydrogen-bond donors (Lipinski definition) is 3. The van der Waals surface area contributed by atoms with Gasteiger partial charge >= 0.3 is 0 Å². The Kier molecular flexibility index (Phi) is 6.50. The molecule has 2 aliphatic carbocycles. The van der Waals surface area contributed by atoms with Crippen molar-refractivity contribution >= 4 is 17.5 Å². The van der Waals surface area contributed by atoms with Gasteiger partial charge in [0.2, 0.25) is 5.91 Å². The van der Waals surface area contributed by atoms with E-state index < -0.39 is 0 Å². The molecule has 6 heteroatoms. The highest BCUT2D eigenvalue weighted by Gasteiger charge is 2.44. The zero-order chi connectivity index (χ0) is 23.4. The lowest BCUT2D eigenvalue weighted by atomic mass is 9.89. The summed E-state index contributed by atoms with van der Waals surface area (Å²) >= 11 is 0. The Bertz CT molecular complexity index is 1040. The van der Waals surface area contributed by atoms with E-state index in [2.05, 4.69) is 20.9 Å². The molecule has 0 radical (unpaired) electrons. The average Bonchev–Trinajstić information content (AvgIpc) is 3.37. The number of aliphatic imine (C=N–C) groups is 1. The third kappa shape index (κ3) is 4.78. The minimum absolute atomic E-state index is 0.0156. The molecule has 34 heavy (non-hydrogen) atoms. The van der Waals surface area contributed by atoms with Crippen LogP contribution in [-0.4, -0.2) is 28.9 Å². The Balaban J connectivity index is 0.000000142. The number of amides is 2. The Morgan fingerprint density at radius 3 is 1.94 bits per heavy atom. The molecule has 4 aliphatic rings. The van der Waals surface area contributed by atoms with E-state index in [4.69, 9.17) is 0 Å².